The van der Waals surface area contributed by atoms with Crippen molar-refractivity contribution in [3.63, 3.8) is 0 Å². The highest BCUT2D eigenvalue weighted by molar-refractivity contribution is 5.70. The molecule has 4 heteroatoms. The molecule has 0 spiro atoms. The molecule has 1 saturated carbocycles. The zero-order valence-electron chi connectivity index (χ0n) is 10.3. The first-order valence-electron chi connectivity index (χ1n) is 6.08. The summed E-state index contributed by atoms with van der Waals surface area (Å²) in [6.07, 6.45) is 5.48. The van der Waals surface area contributed by atoms with E-state index in [0.29, 0.717) is 6.61 Å². The summed E-state index contributed by atoms with van der Waals surface area (Å²) in [5, 5.41) is 0. The van der Waals surface area contributed by atoms with Gasteiger partial charge in [-0.1, -0.05) is 19.3 Å². The quantitative estimate of drug-likeness (QED) is 0.728. The minimum absolute atomic E-state index is 0.0110. The number of rotatable bonds is 5. The molecule has 1 rings (SSSR count). The maximum atomic E-state index is 11.2. The predicted octanol–water partition coefficient (Wildman–Crippen LogP) is 1.62. The van der Waals surface area contributed by atoms with Gasteiger partial charge in [0, 0.05) is 5.54 Å². The molecule has 0 aromatic heterocycles. The third kappa shape index (κ3) is 4.94. The van der Waals surface area contributed by atoms with Crippen LogP contribution in [0.5, 0.6) is 0 Å². The van der Waals surface area contributed by atoms with Crippen LogP contribution in [0.3, 0.4) is 0 Å². The SMILES string of the molecule is CC(C)OC(=O)COCC1(N)CCCCC1. The van der Waals surface area contributed by atoms with Crippen LogP contribution in [0.4, 0.5) is 0 Å². The molecule has 0 heterocycles. The molecule has 0 bridgehead atoms. The van der Waals surface area contributed by atoms with Gasteiger partial charge >= 0.3 is 5.97 Å². The van der Waals surface area contributed by atoms with E-state index < -0.39 is 0 Å². The molecular weight excluding hydrogens is 206 g/mol. The van der Waals surface area contributed by atoms with Gasteiger partial charge in [0.05, 0.1) is 12.7 Å². The average molecular weight is 229 g/mol. The van der Waals surface area contributed by atoms with Gasteiger partial charge in [-0.15, -0.1) is 0 Å². The number of carbonyl (C=O) groups excluding carboxylic acids is 1. The van der Waals surface area contributed by atoms with Gasteiger partial charge in [-0.25, -0.2) is 4.79 Å². The maximum Gasteiger partial charge on any atom is 0.332 e. The van der Waals surface area contributed by atoms with Gasteiger partial charge in [-0.05, 0) is 26.7 Å². The monoisotopic (exact) mass is 229 g/mol. The van der Waals surface area contributed by atoms with Crippen molar-refractivity contribution in [1.82, 2.24) is 0 Å². The van der Waals surface area contributed by atoms with E-state index in [0.717, 1.165) is 25.7 Å². The summed E-state index contributed by atoms with van der Waals surface area (Å²) in [6.45, 7) is 4.12. The van der Waals surface area contributed by atoms with Crippen molar-refractivity contribution in [2.45, 2.75) is 57.6 Å². The first-order valence-corrected chi connectivity index (χ1v) is 6.08. The van der Waals surface area contributed by atoms with Gasteiger partial charge in [0.2, 0.25) is 0 Å². The first-order chi connectivity index (χ1) is 7.52. The Balaban J connectivity index is 2.16. The first kappa shape index (κ1) is 13.5. The van der Waals surface area contributed by atoms with Crippen LogP contribution in [0, 0.1) is 0 Å². The number of ether oxygens (including phenoxy) is 2. The van der Waals surface area contributed by atoms with E-state index in [2.05, 4.69) is 0 Å². The Morgan fingerprint density at radius 1 is 1.31 bits per heavy atom. The molecule has 0 aliphatic heterocycles. The van der Waals surface area contributed by atoms with Gasteiger partial charge in [-0.2, -0.15) is 0 Å². The lowest BCUT2D eigenvalue weighted by molar-refractivity contribution is -0.153. The number of nitrogens with two attached hydrogens (primary N) is 1. The van der Waals surface area contributed by atoms with Crippen LogP contribution in [0.2, 0.25) is 0 Å². The van der Waals surface area contributed by atoms with Crippen LogP contribution in [-0.4, -0.2) is 30.8 Å². The summed E-state index contributed by atoms with van der Waals surface area (Å²) < 4.78 is 10.3. The average Bonchev–Trinajstić information content (AvgIpc) is 2.17. The lowest BCUT2D eigenvalue weighted by atomic mass is 9.83. The van der Waals surface area contributed by atoms with Crippen molar-refractivity contribution < 1.29 is 14.3 Å². The molecular formula is C12H23NO3. The molecule has 16 heavy (non-hydrogen) atoms. The van der Waals surface area contributed by atoms with Crippen molar-refractivity contribution >= 4 is 5.97 Å². The highest BCUT2D eigenvalue weighted by Gasteiger charge is 2.27. The zero-order valence-corrected chi connectivity index (χ0v) is 10.3. The fourth-order valence-corrected chi connectivity index (χ4v) is 2.03. The summed E-state index contributed by atoms with van der Waals surface area (Å²) >= 11 is 0. The Morgan fingerprint density at radius 2 is 1.94 bits per heavy atom. The third-order valence-electron chi connectivity index (χ3n) is 2.83. The molecule has 2 N–H and O–H groups in total. The molecule has 0 radical (unpaired) electrons. The van der Waals surface area contributed by atoms with Gasteiger partial charge in [0.15, 0.2) is 0 Å². The Kier molecular flexibility index (Phi) is 5.22. The molecule has 4 nitrogen and oxygen atoms in total. The van der Waals surface area contributed by atoms with Crippen LogP contribution in [-0.2, 0) is 14.3 Å². The van der Waals surface area contributed by atoms with Crippen molar-refractivity contribution in [3.8, 4) is 0 Å². The lowest BCUT2D eigenvalue weighted by Crippen LogP contribution is -2.46. The van der Waals surface area contributed by atoms with E-state index >= 15 is 0 Å². The summed E-state index contributed by atoms with van der Waals surface area (Å²) in [4.78, 5) is 11.2. The minimum Gasteiger partial charge on any atom is -0.461 e. The van der Waals surface area contributed by atoms with Gasteiger partial charge < -0.3 is 15.2 Å². The molecule has 1 aliphatic carbocycles. The summed E-state index contributed by atoms with van der Waals surface area (Å²) in [5.74, 6) is -0.311. The molecule has 0 aromatic rings. The van der Waals surface area contributed by atoms with Crippen LogP contribution in [0.15, 0.2) is 0 Å². The van der Waals surface area contributed by atoms with Crippen LogP contribution in [0.1, 0.15) is 46.0 Å². The van der Waals surface area contributed by atoms with Crippen molar-refractivity contribution in [3.05, 3.63) is 0 Å². The largest absolute Gasteiger partial charge is 0.461 e. The fraction of sp³-hybridized carbons (Fsp3) is 0.917. The zero-order chi connectivity index (χ0) is 12.0. The normalized spacial score (nSPS) is 19.8. The second-order valence-electron chi connectivity index (χ2n) is 4.95. The third-order valence-corrected chi connectivity index (χ3v) is 2.83. The van der Waals surface area contributed by atoms with Gasteiger partial charge in [0.1, 0.15) is 6.61 Å². The minimum atomic E-state index is -0.311. The topological polar surface area (TPSA) is 61.5 Å². The van der Waals surface area contributed by atoms with Crippen molar-refractivity contribution in [2.75, 3.05) is 13.2 Å². The molecule has 0 unspecified atom stereocenters. The molecule has 1 fully saturated rings. The van der Waals surface area contributed by atoms with E-state index in [1.54, 1.807) is 0 Å². The highest BCUT2D eigenvalue weighted by atomic mass is 16.6. The Bertz CT molecular complexity index is 222. The van der Waals surface area contributed by atoms with Crippen LogP contribution in [0.25, 0.3) is 0 Å². The van der Waals surface area contributed by atoms with Crippen molar-refractivity contribution in [1.29, 1.82) is 0 Å². The van der Waals surface area contributed by atoms with E-state index in [1.807, 2.05) is 13.8 Å². The number of esters is 1. The molecule has 94 valence electrons. The van der Waals surface area contributed by atoms with Gasteiger partial charge in [-0.3, -0.25) is 0 Å². The molecule has 1 aliphatic rings. The van der Waals surface area contributed by atoms with Crippen LogP contribution < -0.4 is 5.73 Å². The Labute approximate surface area is 97.5 Å². The molecule has 0 aromatic carbocycles. The van der Waals surface area contributed by atoms with Crippen molar-refractivity contribution in [2.24, 2.45) is 5.73 Å². The summed E-state index contributed by atoms with van der Waals surface area (Å²) in [7, 11) is 0. The van der Waals surface area contributed by atoms with Gasteiger partial charge in [0.25, 0.3) is 0 Å². The number of carbonyl (C=O) groups is 1. The molecule has 0 saturated heterocycles. The summed E-state index contributed by atoms with van der Waals surface area (Å²) in [5.41, 5.74) is 5.94. The second-order valence-corrected chi connectivity index (χ2v) is 4.95. The Morgan fingerprint density at radius 3 is 2.50 bits per heavy atom. The highest BCUT2D eigenvalue weighted by Crippen LogP contribution is 2.25. The lowest BCUT2D eigenvalue weighted by Gasteiger charge is -2.32. The predicted molar refractivity (Wildman–Crippen MR) is 62.1 cm³/mol. The maximum absolute atomic E-state index is 11.2. The van der Waals surface area contributed by atoms with Crippen LogP contribution >= 0.6 is 0 Å². The fourth-order valence-electron chi connectivity index (χ4n) is 2.03. The standard InChI is InChI=1S/C12H23NO3/c1-10(2)16-11(14)8-15-9-12(13)6-4-3-5-7-12/h10H,3-9,13H2,1-2H3. The molecule has 0 atom stereocenters. The smallest absolute Gasteiger partial charge is 0.332 e. The second kappa shape index (κ2) is 6.21. The van der Waals surface area contributed by atoms with E-state index in [-0.39, 0.29) is 24.2 Å². The number of hydrogen-bond donors (Lipinski definition) is 1. The molecule has 0 amide bonds. The number of hydrogen-bond acceptors (Lipinski definition) is 4. The summed E-state index contributed by atoms with van der Waals surface area (Å²) in [6, 6.07) is 0. The van der Waals surface area contributed by atoms with E-state index in [9.17, 15) is 4.79 Å². The van der Waals surface area contributed by atoms with E-state index in [1.165, 1.54) is 6.42 Å². The Hall–Kier alpha value is -0.610. The van der Waals surface area contributed by atoms with E-state index in [4.69, 9.17) is 15.2 Å².